The van der Waals surface area contributed by atoms with Gasteiger partial charge in [-0.25, -0.2) is 0 Å². The average molecular weight is 411 g/mol. The highest BCUT2D eigenvalue weighted by Gasteiger charge is 2.35. The number of carbonyl (C=O) groups excluding carboxylic acids is 2. The summed E-state index contributed by atoms with van der Waals surface area (Å²) in [4.78, 5) is 30.4. The van der Waals surface area contributed by atoms with Gasteiger partial charge < -0.3 is 19.4 Å². The number of amides is 2. The molecule has 4 rings (SSSR count). The lowest BCUT2D eigenvalue weighted by molar-refractivity contribution is -0.274. The standard InChI is InChI=1S/C20H24F3N3O3/c21-20(22,23)29-16-5-6-17-15(12-16)2-1-7-26(17)13-18(27)24-8-10-25(11-9-24)19(28)14-3-4-14/h5-6,12,14H,1-4,7-11,13H2. The second kappa shape index (κ2) is 7.76. The number of fused-ring (bicyclic) bond motifs is 1. The molecular weight excluding hydrogens is 387 g/mol. The van der Waals surface area contributed by atoms with E-state index < -0.39 is 6.36 Å². The largest absolute Gasteiger partial charge is 0.573 e. The van der Waals surface area contributed by atoms with Gasteiger partial charge in [0.1, 0.15) is 5.75 Å². The molecule has 6 nitrogen and oxygen atoms in total. The molecule has 1 aromatic carbocycles. The van der Waals surface area contributed by atoms with Crippen LogP contribution in [0.4, 0.5) is 18.9 Å². The molecule has 2 heterocycles. The number of rotatable bonds is 4. The van der Waals surface area contributed by atoms with Gasteiger partial charge in [0, 0.05) is 44.3 Å². The Morgan fingerprint density at radius 2 is 1.72 bits per heavy atom. The molecule has 3 aliphatic rings. The molecule has 9 heteroatoms. The van der Waals surface area contributed by atoms with Crippen molar-refractivity contribution >= 4 is 17.5 Å². The minimum Gasteiger partial charge on any atom is -0.406 e. The molecule has 2 aliphatic heterocycles. The van der Waals surface area contributed by atoms with E-state index in [0.717, 1.165) is 30.5 Å². The third-order valence-corrected chi connectivity index (χ3v) is 5.70. The summed E-state index contributed by atoms with van der Waals surface area (Å²) in [6.45, 7) is 3.04. The van der Waals surface area contributed by atoms with Crippen molar-refractivity contribution in [1.29, 1.82) is 0 Å². The topological polar surface area (TPSA) is 53.1 Å². The molecule has 0 aromatic heterocycles. The molecular formula is C20H24F3N3O3. The van der Waals surface area contributed by atoms with Crippen LogP contribution in [-0.4, -0.2) is 67.2 Å². The highest BCUT2D eigenvalue weighted by Crippen LogP contribution is 2.33. The van der Waals surface area contributed by atoms with Crippen LogP contribution in [-0.2, 0) is 16.0 Å². The van der Waals surface area contributed by atoms with Crippen LogP contribution in [0.2, 0.25) is 0 Å². The first-order valence-corrected chi connectivity index (χ1v) is 10.0. The van der Waals surface area contributed by atoms with Gasteiger partial charge >= 0.3 is 6.36 Å². The van der Waals surface area contributed by atoms with Gasteiger partial charge in [-0.1, -0.05) is 0 Å². The van der Waals surface area contributed by atoms with Crippen molar-refractivity contribution < 1.29 is 27.5 Å². The van der Waals surface area contributed by atoms with E-state index in [9.17, 15) is 22.8 Å². The predicted octanol–water partition coefficient (Wildman–Crippen LogP) is 2.42. The fourth-order valence-corrected chi connectivity index (χ4v) is 4.04. The van der Waals surface area contributed by atoms with Gasteiger partial charge in [0.15, 0.2) is 0 Å². The third-order valence-electron chi connectivity index (χ3n) is 5.70. The van der Waals surface area contributed by atoms with E-state index >= 15 is 0 Å². The van der Waals surface area contributed by atoms with Crippen molar-refractivity contribution in [2.24, 2.45) is 5.92 Å². The lowest BCUT2D eigenvalue weighted by Crippen LogP contribution is -2.53. The fraction of sp³-hybridized carbons (Fsp3) is 0.600. The molecule has 1 aromatic rings. The molecule has 29 heavy (non-hydrogen) atoms. The van der Waals surface area contributed by atoms with Crippen LogP contribution in [0.1, 0.15) is 24.8 Å². The molecule has 0 unspecified atom stereocenters. The Hall–Kier alpha value is -2.45. The van der Waals surface area contributed by atoms with E-state index in [-0.39, 0.29) is 30.0 Å². The number of hydrogen-bond donors (Lipinski definition) is 0. The van der Waals surface area contributed by atoms with Crippen LogP contribution in [0.3, 0.4) is 0 Å². The SMILES string of the molecule is O=C(CN1CCCc2cc(OC(F)(F)F)ccc21)N1CCN(C(=O)C2CC2)CC1. The van der Waals surface area contributed by atoms with E-state index in [2.05, 4.69) is 4.74 Å². The van der Waals surface area contributed by atoms with E-state index in [1.54, 1.807) is 11.0 Å². The lowest BCUT2D eigenvalue weighted by Gasteiger charge is -2.37. The number of hydrogen-bond acceptors (Lipinski definition) is 4. The number of alkyl halides is 3. The number of ether oxygens (including phenoxy) is 1. The molecule has 158 valence electrons. The Morgan fingerprint density at radius 3 is 2.38 bits per heavy atom. The van der Waals surface area contributed by atoms with Gasteiger partial charge in [0.25, 0.3) is 0 Å². The maximum atomic E-state index is 12.8. The van der Waals surface area contributed by atoms with Gasteiger partial charge in [0.05, 0.1) is 6.54 Å². The van der Waals surface area contributed by atoms with Crippen LogP contribution in [0.25, 0.3) is 0 Å². The Labute approximate surface area is 167 Å². The first-order chi connectivity index (χ1) is 13.8. The first-order valence-electron chi connectivity index (χ1n) is 10.0. The molecule has 1 aliphatic carbocycles. The van der Waals surface area contributed by atoms with Crippen molar-refractivity contribution in [3.8, 4) is 5.75 Å². The summed E-state index contributed by atoms with van der Waals surface area (Å²) in [7, 11) is 0. The van der Waals surface area contributed by atoms with Gasteiger partial charge in [-0.15, -0.1) is 13.2 Å². The highest BCUT2D eigenvalue weighted by molar-refractivity contribution is 5.83. The van der Waals surface area contributed by atoms with Crippen LogP contribution in [0, 0.1) is 5.92 Å². The fourth-order valence-electron chi connectivity index (χ4n) is 4.04. The van der Waals surface area contributed by atoms with Crippen LogP contribution < -0.4 is 9.64 Å². The first kappa shape index (κ1) is 19.8. The van der Waals surface area contributed by atoms with Crippen molar-refractivity contribution in [2.75, 3.05) is 44.2 Å². The normalized spacial score (nSPS) is 19.8. The Balaban J connectivity index is 1.35. The summed E-state index contributed by atoms with van der Waals surface area (Å²) in [5, 5.41) is 0. The second-order valence-corrected chi connectivity index (χ2v) is 7.84. The number of halogens is 3. The number of anilines is 1. The minimum absolute atomic E-state index is 0.0213. The number of aryl methyl sites for hydroxylation is 1. The van der Waals surface area contributed by atoms with Crippen LogP contribution in [0.5, 0.6) is 5.75 Å². The van der Waals surface area contributed by atoms with Crippen molar-refractivity contribution in [3.63, 3.8) is 0 Å². The molecule has 0 N–H and O–H groups in total. The second-order valence-electron chi connectivity index (χ2n) is 7.84. The van der Waals surface area contributed by atoms with Crippen LogP contribution >= 0.6 is 0 Å². The molecule has 0 radical (unpaired) electrons. The summed E-state index contributed by atoms with van der Waals surface area (Å²) < 4.78 is 41.3. The quantitative estimate of drug-likeness (QED) is 0.764. The van der Waals surface area contributed by atoms with Crippen LogP contribution in [0.15, 0.2) is 18.2 Å². The predicted molar refractivity (Wildman–Crippen MR) is 99.5 cm³/mol. The molecule has 1 saturated carbocycles. The maximum Gasteiger partial charge on any atom is 0.573 e. The zero-order valence-electron chi connectivity index (χ0n) is 16.1. The smallest absolute Gasteiger partial charge is 0.406 e. The third kappa shape index (κ3) is 4.76. The molecule has 0 bridgehead atoms. The van der Waals surface area contributed by atoms with E-state index in [0.29, 0.717) is 39.1 Å². The van der Waals surface area contributed by atoms with Gasteiger partial charge in [-0.3, -0.25) is 9.59 Å². The molecule has 1 saturated heterocycles. The summed E-state index contributed by atoms with van der Waals surface area (Å²) in [6.07, 6.45) is -1.36. The van der Waals surface area contributed by atoms with Crippen molar-refractivity contribution in [2.45, 2.75) is 32.0 Å². The van der Waals surface area contributed by atoms with Gasteiger partial charge in [-0.05, 0) is 49.4 Å². The average Bonchev–Trinajstić information content (AvgIpc) is 3.51. The summed E-state index contributed by atoms with van der Waals surface area (Å²) in [5.74, 6) is 0.139. The molecule has 2 amide bonds. The Bertz CT molecular complexity index is 787. The maximum absolute atomic E-state index is 12.8. The Kier molecular flexibility index (Phi) is 5.31. The number of benzene rings is 1. The lowest BCUT2D eigenvalue weighted by atomic mass is 10.0. The number of carbonyl (C=O) groups is 2. The van der Waals surface area contributed by atoms with Crippen molar-refractivity contribution in [1.82, 2.24) is 9.80 Å². The Morgan fingerprint density at radius 1 is 1.03 bits per heavy atom. The summed E-state index contributed by atoms with van der Waals surface area (Å²) in [5.41, 5.74) is 1.53. The minimum atomic E-state index is -4.72. The molecule has 0 atom stereocenters. The van der Waals surface area contributed by atoms with Gasteiger partial charge in [-0.2, -0.15) is 0 Å². The van der Waals surface area contributed by atoms with E-state index in [1.807, 2.05) is 9.80 Å². The monoisotopic (exact) mass is 411 g/mol. The van der Waals surface area contributed by atoms with Crippen molar-refractivity contribution in [3.05, 3.63) is 23.8 Å². The van der Waals surface area contributed by atoms with E-state index in [1.165, 1.54) is 12.1 Å². The summed E-state index contributed by atoms with van der Waals surface area (Å²) >= 11 is 0. The number of piperazine rings is 1. The highest BCUT2D eigenvalue weighted by atomic mass is 19.4. The molecule has 2 fully saturated rings. The van der Waals surface area contributed by atoms with E-state index in [4.69, 9.17) is 0 Å². The zero-order chi connectivity index (χ0) is 20.6. The van der Waals surface area contributed by atoms with Gasteiger partial charge in [0.2, 0.25) is 11.8 Å². The molecule has 0 spiro atoms. The number of nitrogens with zero attached hydrogens (tertiary/aromatic N) is 3. The summed E-state index contributed by atoms with van der Waals surface area (Å²) in [6, 6.07) is 4.29. The zero-order valence-corrected chi connectivity index (χ0v) is 16.1.